The first-order valence-electron chi connectivity index (χ1n) is 4.35. The predicted molar refractivity (Wildman–Crippen MR) is 51.1 cm³/mol. The zero-order chi connectivity index (χ0) is 9.26. The summed E-state index contributed by atoms with van der Waals surface area (Å²) < 4.78 is 7.20. The maximum Gasteiger partial charge on any atom is 0.135 e. The largest absolute Gasteiger partial charge is 0.495 e. The Morgan fingerprint density at radius 2 is 2.31 bits per heavy atom. The topological polar surface area (TPSA) is 26.5 Å². The van der Waals surface area contributed by atoms with E-state index in [4.69, 9.17) is 4.74 Å². The number of pyridine rings is 1. The lowest BCUT2D eigenvalue weighted by Crippen LogP contribution is -1.93. The molecule has 0 aliphatic heterocycles. The summed E-state index contributed by atoms with van der Waals surface area (Å²) in [5, 5.41) is 0. The van der Waals surface area contributed by atoms with Crippen LogP contribution < -0.4 is 4.74 Å². The molecule has 2 aromatic rings. The van der Waals surface area contributed by atoms with Gasteiger partial charge in [-0.25, -0.2) is 4.98 Å². The monoisotopic (exact) mass is 176 g/mol. The number of rotatable bonds is 2. The molecular formula is C10H12N2O. The lowest BCUT2D eigenvalue weighted by Gasteiger charge is -2.02. The van der Waals surface area contributed by atoms with E-state index in [0.717, 1.165) is 23.5 Å². The minimum Gasteiger partial charge on any atom is -0.495 e. The highest BCUT2D eigenvalue weighted by molar-refractivity contribution is 5.48. The smallest absolute Gasteiger partial charge is 0.135 e. The van der Waals surface area contributed by atoms with Gasteiger partial charge in [-0.2, -0.15) is 0 Å². The molecule has 0 saturated carbocycles. The Morgan fingerprint density at radius 1 is 1.46 bits per heavy atom. The van der Waals surface area contributed by atoms with Gasteiger partial charge in [-0.05, 0) is 12.1 Å². The van der Waals surface area contributed by atoms with Crippen LogP contribution in [0.2, 0.25) is 0 Å². The highest BCUT2D eigenvalue weighted by atomic mass is 16.5. The summed E-state index contributed by atoms with van der Waals surface area (Å²) in [5.41, 5.74) is 1.11. The molecule has 0 fully saturated rings. The van der Waals surface area contributed by atoms with E-state index in [1.165, 1.54) is 0 Å². The normalized spacial score (nSPS) is 10.6. The number of imidazole rings is 1. The van der Waals surface area contributed by atoms with Crippen molar-refractivity contribution in [3.8, 4) is 5.75 Å². The van der Waals surface area contributed by atoms with E-state index in [-0.39, 0.29) is 0 Å². The van der Waals surface area contributed by atoms with Crippen LogP contribution in [0, 0.1) is 0 Å². The minimum absolute atomic E-state index is 0.861. The molecular weight excluding hydrogens is 164 g/mol. The lowest BCUT2D eigenvalue weighted by atomic mass is 10.4. The molecule has 0 spiro atoms. The van der Waals surface area contributed by atoms with E-state index in [1.54, 1.807) is 7.11 Å². The fraction of sp³-hybridized carbons (Fsp3) is 0.300. The molecule has 0 bridgehead atoms. The molecule has 0 atom stereocenters. The van der Waals surface area contributed by atoms with Crippen molar-refractivity contribution in [2.45, 2.75) is 13.3 Å². The first-order chi connectivity index (χ1) is 6.35. The Morgan fingerprint density at radius 3 is 3.00 bits per heavy atom. The molecule has 0 aliphatic carbocycles. The molecule has 2 heterocycles. The Balaban J connectivity index is 2.64. The van der Waals surface area contributed by atoms with Gasteiger partial charge in [-0.15, -0.1) is 0 Å². The highest BCUT2D eigenvalue weighted by Gasteiger charge is 2.01. The van der Waals surface area contributed by atoms with Crippen molar-refractivity contribution < 1.29 is 4.74 Å². The van der Waals surface area contributed by atoms with Crippen molar-refractivity contribution in [1.29, 1.82) is 0 Å². The van der Waals surface area contributed by atoms with E-state index >= 15 is 0 Å². The fourth-order valence-electron chi connectivity index (χ4n) is 1.41. The third kappa shape index (κ3) is 1.26. The Kier molecular flexibility index (Phi) is 1.93. The van der Waals surface area contributed by atoms with Crippen molar-refractivity contribution in [2.24, 2.45) is 0 Å². The van der Waals surface area contributed by atoms with E-state index in [0.29, 0.717) is 0 Å². The van der Waals surface area contributed by atoms with Crippen LogP contribution in [0.25, 0.3) is 5.52 Å². The molecule has 0 aromatic carbocycles. The van der Waals surface area contributed by atoms with Crippen molar-refractivity contribution in [3.63, 3.8) is 0 Å². The predicted octanol–water partition coefficient (Wildman–Crippen LogP) is 1.91. The van der Waals surface area contributed by atoms with Crippen LogP contribution in [0.3, 0.4) is 0 Å². The van der Waals surface area contributed by atoms with Gasteiger partial charge in [-0.1, -0.05) is 6.92 Å². The fourth-order valence-corrected chi connectivity index (χ4v) is 1.41. The number of hydrogen-bond donors (Lipinski definition) is 0. The number of fused-ring (bicyclic) bond motifs is 1. The second-order valence-electron chi connectivity index (χ2n) is 2.89. The summed E-state index contributed by atoms with van der Waals surface area (Å²) in [7, 11) is 1.67. The number of nitrogens with zero attached hydrogens (tertiary/aromatic N) is 2. The molecule has 0 unspecified atom stereocenters. The number of methoxy groups -OCH3 is 1. The summed E-state index contributed by atoms with van der Waals surface area (Å²) >= 11 is 0. The van der Waals surface area contributed by atoms with Crippen LogP contribution in [-0.2, 0) is 6.42 Å². The van der Waals surface area contributed by atoms with Crippen LogP contribution in [0.1, 0.15) is 12.7 Å². The first kappa shape index (κ1) is 8.10. The van der Waals surface area contributed by atoms with Crippen molar-refractivity contribution in [1.82, 2.24) is 9.38 Å². The summed E-state index contributed by atoms with van der Waals surface area (Å²) in [6.07, 6.45) is 4.76. The lowest BCUT2D eigenvalue weighted by molar-refractivity contribution is 0.412. The van der Waals surface area contributed by atoms with E-state index < -0.39 is 0 Å². The summed E-state index contributed by atoms with van der Waals surface area (Å²) in [4.78, 5) is 4.30. The van der Waals surface area contributed by atoms with Crippen LogP contribution in [0.15, 0.2) is 24.5 Å². The number of hydrogen-bond acceptors (Lipinski definition) is 2. The molecule has 2 aromatic heterocycles. The van der Waals surface area contributed by atoms with Gasteiger partial charge < -0.3 is 9.14 Å². The molecule has 3 heteroatoms. The molecule has 68 valence electrons. The number of aromatic nitrogens is 2. The SMILES string of the molecule is CCc1ncc2ccc(OC)cn12. The average Bonchev–Trinajstić information content (AvgIpc) is 2.59. The van der Waals surface area contributed by atoms with Crippen LogP contribution in [-0.4, -0.2) is 16.5 Å². The van der Waals surface area contributed by atoms with Gasteiger partial charge in [0, 0.05) is 6.42 Å². The Labute approximate surface area is 77.0 Å². The first-order valence-corrected chi connectivity index (χ1v) is 4.35. The molecule has 0 amide bonds. The highest BCUT2D eigenvalue weighted by Crippen LogP contribution is 2.14. The van der Waals surface area contributed by atoms with Crippen molar-refractivity contribution >= 4 is 5.52 Å². The second kappa shape index (κ2) is 3.09. The zero-order valence-corrected chi connectivity index (χ0v) is 7.82. The van der Waals surface area contributed by atoms with E-state index in [1.807, 2.05) is 24.5 Å². The van der Waals surface area contributed by atoms with Crippen LogP contribution >= 0.6 is 0 Å². The van der Waals surface area contributed by atoms with E-state index in [2.05, 4.69) is 16.3 Å². The van der Waals surface area contributed by atoms with Gasteiger partial charge in [0.1, 0.15) is 11.6 Å². The van der Waals surface area contributed by atoms with E-state index in [9.17, 15) is 0 Å². The third-order valence-corrected chi connectivity index (χ3v) is 2.13. The van der Waals surface area contributed by atoms with Gasteiger partial charge in [0.25, 0.3) is 0 Å². The molecule has 13 heavy (non-hydrogen) atoms. The molecule has 2 rings (SSSR count). The van der Waals surface area contributed by atoms with Crippen molar-refractivity contribution in [3.05, 3.63) is 30.4 Å². The maximum atomic E-state index is 5.14. The summed E-state index contributed by atoms with van der Waals surface area (Å²) in [5.74, 6) is 1.93. The minimum atomic E-state index is 0.861. The molecule has 0 N–H and O–H groups in total. The third-order valence-electron chi connectivity index (χ3n) is 2.13. The molecule has 3 nitrogen and oxygen atoms in total. The van der Waals surface area contributed by atoms with Gasteiger partial charge in [0.05, 0.1) is 25.0 Å². The molecule has 0 aliphatic rings. The Hall–Kier alpha value is -1.51. The van der Waals surface area contributed by atoms with Gasteiger partial charge >= 0.3 is 0 Å². The molecule has 0 radical (unpaired) electrons. The second-order valence-corrected chi connectivity index (χ2v) is 2.89. The maximum absolute atomic E-state index is 5.14. The van der Waals surface area contributed by atoms with Crippen molar-refractivity contribution in [2.75, 3.05) is 7.11 Å². The van der Waals surface area contributed by atoms with Crippen LogP contribution in [0.4, 0.5) is 0 Å². The van der Waals surface area contributed by atoms with Gasteiger partial charge in [-0.3, -0.25) is 0 Å². The standard InChI is InChI=1S/C10H12N2O/c1-3-10-11-6-8-4-5-9(13-2)7-12(8)10/h4-7H,3H2,1-2H3. The quantitative estimate of drug-likeness (QED) is 0.698. The Bertz CT molecular complexity index is 420. The van der Waals surface area contributed by atoms with Crippen LogP contribution in [0.5, 0.6) is 5.75 Å². The van der Waals surface area contributed by atoms with Gasteiger partial charge in [0.2, 0.25) is 0 Å². The number of aryl methyl sites for hydroxylation is 1. The average molecular weight is 176 g/mol. The molecule has 0 saturated heterocycles. The summed E-state index contributed by atoms with van der Waals surface area (Å²) in [6.45, 7) is 2.09. The van der Waals surface area contributed by atoms with Gasteiger partial charge in [0.15, 0.2) is 0 Å². The summed E-state index contributed by atoms with van der Waals surface area (Å²) in [6, 6.07) is 3.95. The number of ether oxygens (including phenoxy) is 1. The zero-order valence-electron chi connectivity index (χ0n) is 7.82.